The van der Waals surface area contributed by atoms with Crippen molar-refractivity contribution in [1.29, 1.82) is 0 Å². The van der Waals surface area contributed by atoms with Gasteiger partial charge < -0.3 is 19.8 Å². The maximum absolute atomic E-state index is 12.4. The molecule has 0 bridgehead atoms. The minimum Gasteiger partial charge on any atom is -0.355 e. The highest BCUT2D eigenvalue weighted by molar-refractivity contribution is 5.83. The smallest absolute Gasteiger partial charge is 0.275 e. The van der Waals surface area contributed by atoms with Crippen molar-refractivity contribution in [3.63, 3.8) is 0 Å². The Balaban J connectivity index is 1.59. The molecule has 23 heavy (non-hydrogen) atoms. The number of carbonyl (C=O) groups is 2. The first-order valence-electron chi connectivity index (χ1n) is 7.75. The van der Waals surface area contributed by atoms with E-state index < -0.39 is 0 Å². The number of nitrogens with zero attached hydrogens (tertiary/aromatic N) is 2. The van der Waals surface area contributed by atoms with Crippen molar-refractivity contribution in [2.45, 2.75) is 19.4 Å². The van der Waals surface area contributed by atoms with Crippen LogP contribution in [0.1, 0.15) is 12.8 Å². The second-order valence-corrected chi connectivity index (χ2v) is 5.88. The molecule has 3 heterocycles. The number of carbonyl (C=O) groups excluding carboxylic acids is 2. The van der Waals surface area contributed by atoms with Crippen LogP contribution >= 0.6 is 0 Å². The molecular formula is C16H20N4O3. The molecule has 1 aliphatic rings. The highest BCUT2D eigenvalue weighted by atomic mass is 16.2. The third-order valence-corrected chi connectivity index (χ3v) is 4.29. The lowest BCUT2D eigenvalue weighted by molar-refractivity contribution is -0.128. The first kappa shape index (κ1) is 15.3. The van der Waals surface area contributed by atoms with Crippen LogP contribution in [-0.4, -0.2) is 34.0 Å². The Hall–Kier alpha value is -2.57. The quantitative estimate of drug-likeness (QED) is 0.831. The van der Waals surface area contributed by atoms with Crippen LogP contribution in [0.15, 0.2) is 29.3 Å². The Morgan fingerprint density at radius 3 is 2.87 bits per heavy atom. The molecule has 7 nitrogen and oxygen atoms in total. The SMILES string of the molecule is Cn1ccc2ccn(CCNC(=O)C3CCC(=O)NC3)c(=O)c21. The Bertz CT molecular complexity index is 795. The fraction of sp³-hybridized carbons (Fsp3) is 0.438. The van der Waals surface area contributed by atoms with Gasteiger partial charge in [0.15, 0.2) is 0 Å². The molecule has 2 amide bonds. The predicted octanol–water partition coefficient (Wildman–Crippen LogP) is -0.0176. The Morgan fingerprint density at radius 2 is 2.13 bits per heavy atom. The molecule has 0 radical (unpaired) electrons. The first-order valence-corrected chi connectivity index (χ1v) is 7.75. The van der Waals surface area contributed by atoms with Gasteiger partial charge in [0, 0.05) is 50.9 Å². The van der Waals surface area contributed by atoms with Gasteiger partial charge in [-0.05, 0) is 18.6 Å². The van der Waals surface area contributed by atoms with Gasteiger partial charge in [0.25, 0.3) is 5.56 Å². The van der Waals surface area contributed by atoms with E-state index >= 15 is 0 Å². The van der Waals surface area contributed by atoms with Crippen molar-refractivity contribution in [1.82, 2.24) is 19.8 Å². The molecule has 1 fully saturated rings. The molecule has 1 saturated heterocycles. The fourth-order valence-corrected chi connectivity index (χ4v) is 2.91. The average Bonchev–Trinajstić information content (AvgIpc) is 2.92. The van der Waals surface area contributed by atoms with Crippen LogP contribution in [-0.2, 0) is 23.2 Å². The summed E-state index contributed by atoms with van der Waals surface area (Å²) in [6.45, 7) is 1.20. The van der Waals surface area contributed by atoms with Crippen LogP contribution in [0.5, 0.6) is 0 Å². The van der Waals surface area contributed by atoms with Gasteiger partial charge in [0.2, 0.25) is 11.8 Å². The van der Waals surface area contributed by atoms with E-state index in [4.69, 9.17) is 0 Å². The summed E-state index contributed by atoms with van der Waals surface area (Å²) in [6, 6.07) is 3.80. The molecule has 2 aromatic heterocycles. The number of nitrogens with one attached hydrogen (secondary N) is 2. The fourth-order valence-electron chi connectivity index (χ4n) is 2.91. The van der Waals surface area contributed by atoms with Crippen molar-refractivity contribution < 1.29 is 9.59 Å². The van der Waals surface area contributed by atoms with E-state index in [9.17, 15) is 14.4 Å². The summed E-state index contributed by atoms with van der Waals surface area (Å²) in [5.41, 5.74) is 0.600. The van der Waals surface area contributed by atoms with Gasteiger partial charge >= 0.3 is 0 Å². The van der Waals surface area contributed by atoms with Crippen molar-refractivity contribution in [3.05, 3.63) is 34.9 Å². The summed E-state index contributed by atoms with van der Waals surface area (Å²) in [4.78, 5) is 35.6. The van der Waals surface area contributed by atoms with Crippen LogP contribution in [0.2, 0.25) is 0 Å². The molecule has 0 aliphatic carbocycles. The monoisotopic (exact) mass is 316 g/mol. The van der Waals surface area contributed by atoms with Gasteiger partial charge in [0.1, 0.15) is 5.52 Å². The number of aryl methyl sites for hydroxylation is 1. The van der Waals surface area contributed by atoms with Crippen LogP contribution in [0.4, 0.5) is 0 Å². The lowest BCUT2D eigenvalue weighted by Gasteiger charge is -2.21. The summed E-state index contributed by atoms with van der Waals surface area (Å²) in [5.74, 6) is -0.255. The lowest BCUT2D eigenvalue weighted by Crippen LogP contribution is -2.43. The molecule has 0 spiro atoms. The van der Waals surface area contributed by atoms with Gasteiger partial charge in [-0.15, -0.1) is 0 Å². The first-order chi connectivity index (χ1) is 11.1. The minimum atomic E-state index is -0.181. The van der Waals surface area contributed by atoms with Gasteiger partial charge in [-0.3, -0.25) is 14.4 Å². The number of hydrogen-bond acceptors (Lipinski definition) is 3. The molecule has 2 aromatic rings. The Kier molecular flexibility index (Phi) is 4.18. The average molecular weight is 316 g/mol. The zero-order chi connectivity index (χ0) is 16.4. The Morgan fingerprint density at radius 1 is 1.35 bits per heavy atom. The van der Waals surface area contributed by atoms with Gasteiger partial charge in [-0.25, -0.2) is 0 Å². The van der Waals surface area contributed by atoms with E-state index in [1.54, 1.807) is 15.3 Å². The molecule has 0 aromatic carbocycles. The minimum absolute atomic E-state index is 0.00327. The van der Waals surface area contributed by atoms with Crippen LogP contribution in [0, 0.1) is 5.92 Å². The molecular weight excluding hydrogens is 296 g/mol. The largest absolute Gasteiger partial charge is 0.355 e. The number of fused-ring (bicyclic) bond motifs is 1. The van der Waals surface area contributed by atoms with Crippen molar-refractivity contribution in [3.8, 4) is 0 Å². The molecule has 1 aliphatic heterocycles. The van der Waals surface area contributed by atoms with Crippen LogP contribution in [0.25, 0.3) is 10.9 Å². The van der Waals surface area contributed by atoms with Crippen molar-refractivity contribution >= 4 is 22.7 Å². The summed E-state index contributed by atoms with van der Waals surface area (Å²) < 4.78 is 3.41. The molecule has 7 heteroatoms. The maximum Gasteiger partial charge on any atom is 0.275 e. The van der Waals surface area contributed by atoms with Crippen molar-refractivity contribution in [2.24, 2.45) is 13.0 Å². The molecule has 2 N–H and O–H groups in total. The molecule has 1 unspecified atom stereocenters. The number of pyridine rings is 1. The zero-order valence-electron chi connectivity index (χ0n) is 13.0. The molecule has 3 rings (SSSR count). The molecule has 1 atom stereocenters. The normalized spacial score (nSPS) is 18.0. The highest BCUT2D eigenvalue weighted by Gasteiger charge is 2.23. The number of aromatic nitrogens is 2. The molecule has 0 saturated carbocycles. The summed E-state index contributed by atoms with van der Waals surface area (Å²) >= 11 is 0. The van der Waals surface area contributed by atoms with Gasteiger partial charge in [0.05, 0.1) is 5.92 Å². The molecule has 122 valence electrons. The number of amides is 2. The third-order valence-electron chi connectivity index (χ3n) is 4.29. The van der Waals surface area contributed by atoms with E-state index in [0.717, 1.165) is 5.39 Å². The number of rotatable bonds is 4. The van der Waals surface area contributed by atoms with Gasteiger partial charge in [-0.1, -0.05) is 0 Å². The second-order valence-electron chi connectivity index (χ2n) is 5.88. The van der Waals surface area contributed by atoms with E-state index in [0.29, 0.717) is 38.0 Å². The van der Waals surface area contributed by atoms with Crippen molar-refractivity contribution in [2.75, 3.05) is 13.1 Å². The van der Waals surface area contributed by atoms with E-state index in [-0.39, 0.29) is 23.3 Å². The lowest BCUT2D eigenvalue weighted by atomic mass is 9.98. The topological polar surface area (TPSA) is 85.1 Å². The van der Waals surface area contributed by atoms with E-state index in [1.165, 1.54) is 0 Å². The summed E-state index contributed by atoms with van der Waals surface area (Å²) in [5, 5.41) is 6.45. The van der Waals surface area contributed by atoms with E-state index in [2.05, 4.69) is 10.6 Å². The second kappa shape index (κ2) is 6.28. The standard InChI is InChI=1S/C16H20N4O3/c1-19-7-4-11-5-8-20(16(23)14(11)19)9-6-17-15(22)12-2-3-13(21)18-10-12/h4-5,7-8,12H,2-3,6,9-10H2,1H3,(H,17,22)(H,18,21). The Labute approximate surface area is 133 Å². The summed E-state index contributed by atoms with van der Waals surface area (Å²) in [7, 11) is 1.84. The number of piperidine rings is 1. The highest BCUT2D eigenvalue weighted by Crippen LogP contribution is 2.11. The van der Waals surface area contributed by atoms with E-state index in [1.807, 2.05) is 25.4 Å². The maximum atomic E-state index is 12.4. The third kappa shape index (κ3) is 3.13. The van der Waals surface area contributed by atoms with Crippen LogP contribution < -0.4 is 16.2 Å². The van der Waals surface area contributed by atoms with Crippen LogP contribution in [0.3, 0.4) is 0 Å². The predicted molar refractivity (Wildman–Crippen MR) is 85.9 cm³/mol. The number of hydrogen-bond donors (Lipinski definition) is 2. The summed E-state index contributed by atoms with van der Waals surface area (Å²) in [6.07, 6.45) is 4.57. The van der Waals surface area contributed by atoms with Gasteiger partial charge in [-0.2, -0.15) is 0 Å². The zero-order valence-corrected chi connectivity index (χ0v) is 13.0.